The van der Waals surface area contributed by atoms with Crippen LogP contribution in [0.5, 0.6) is 11.8 Å². The van der Waals surface area contributed by atoms with Crippen molar-refractivity contribution >= 4 is 22.3 Å². The van der Waals surface area contributed by atoms with E-state index in [2.05, 4.69) is 33.1 Å². The van der Waals surface area contributed by atoms with Crippen molar-refractivity contribution in [3.8, 4) is 11.8 Å². The minimum atomic E-state index is -0.314. The first kappa shape index (κ1) is 23.9. The Morgan fingerprint density at radius 1 is 1.11 bits per heavy atom. The average molecular weight is 517 g/mol. The molecule has 9 heteroatoms. The molecule has 1 aromatic heterocycles. The van der Waals surface area contributed by atoms with Crippen LogP contribution < -0.4 is 19.9 Å². The van der Waals surface area contributed by atoms with E-state index in [4.69, 9.17) is 14.7 Å². The number of aromatic hydroxyl groups is 1. The van der Waals surface area contributed by atoms with Gasteiger partial charge in [0.25, 0.3) is 0 Å². The van der Waals surface area contributed by atoms with Crippen molar-refractivity contribution in [1.29, 1.82) is 0 Å². The summed E-state index contributed by atoms with van der Waals surface area (Å²) in [5.74, 6) is 1.23. The summed E-state index contributed by atoms with van der Waals surface area (Å²) < 4.78 is 6.26. The highest BCUT2D eigenvalue weighted by molar-refractivity contribution is 5.95. The number of piperazine rings is 1. The Hall–Kier alpha value is -3.14. The lowest BCUT2D eigenvalue weighted by molar-refractivity contribution is 0.162. The number of fused-ring (bicyclic) bond motifs is 4. The molecule has 4 aliphatic rings. The van der Waals surface area contributed by atoms with E-state index in [1.807, 2.05) is 30.3 Å². The zero-order valence-corrected chi connectivity index (χ0v) is 21.9. The molecule has 4 atom stereocenters. The Balaban J connectivity index is 1.23. The largest absolute Gasteiger partial charge is 0.508 e. The summed E-state index contributed by atoms with van der Waals surface area (Å²) in [6, 6.07) is 13.0. The fourth-order valence-electron chi connectivity index (χ4n) is 6.81. The highest BCUT2D eigenvalue weighted by Gasteiger charge is 2.40. The van der Waals surface area contributed by atoms with E-state index in [-0.39, 0.29) is 23.9 Å². The lowest BCUT2D eigenvalue weighted by atomic mass is 10.0. The van der Waals surface area contributed by atoms with Crippen LogP contribution in [-0.2, 0) is 13.0 Å². The van der Waals surface area contributed by atoms with Crippen LogP contribution in [-0.4, -0.2) is 89.1 Å². The number of likely N-dealkylation sites (N-methyl/N-ethyl adjacent to an activating group) is 1. The number of aliphatic hydroxyl groups excluding tert-OH is 1. The quantitative estimate of drug-likeness (QED) is 0.472. The van der Waals surface area contributed by atoms with Crippen molar-refractivity contribution in [2.45, 2.75) is 56.5 Å². The molecule has 5 heterocycles. The number of hydrogen-bond donors (Lipinski definition) is 3. The van der Waals surface area contributed by atoms with Crippen LogP contribution in [0.1, 0.15) is 30.5 Å². The Morgan fingerprint density at radius 2 is 2.00 bits per heavy atom. The zero-order valence-electron chi connectivity index (χ0n) is 21.9. The molecular weight excluding hydrogens is 480 g/mol. The summed E-state index contributed by atoms with van der Waals surface area (Å²) in [7, 11) is 2.15. The fraction of sp³-hybridized carbons (Fsp3) is 0.517. The van der Waals surface area contributed by atoms with Gasteiger partial charge < -0.3 is 35.0 Å². The highest BCUT2D eigenvalue weighted by atomic mass is 16.5. The molecule has 0 radical (unpaired) electrons. The summed E-state index contributed by atoms with van der Waals surface area (Å²) in [6.07, 6.45) is 3.60. The van der Waals surface area contributed by atoms with Gasteiger partial charge in [-0.3, -0.25) is 0 Å². The number of hydrogen-bond acceptors (Lipinski definition) is 9. The first-order valence-electron chi connectivity index (χ1n) is 13.9. The number of ether oxygens (including phenoxy) is 1. The molecule has 7 rings (SSSR count). The van der Waals surface area contributed by atoms with E-state index in [0.29, 0.717) is 25.2 Å². The first-order valence-corrected chi connectivity index (χ1v) is 13.9. The second-order valence-electron chi connectivity index (χ2n) is 11.4. The molecule has 2 bridgehead atoms. The maximum atomic E-state index is 10.5. The van der Waals surface area contributed by atoms with Gasteiger partial charge in [-0.25, -0.2) is 0 Å². The van der Waals surface area contributed by atoms with Gasteiger partial charge in [0.2, 0.25) is 0 Å². The monoisotopic (exact) mass is 516 g/mol. The predicted octanol–water partition coefficient (Wildman–Crippen LogP) is 2.28. The number of aliphatic hydroxyl groups is 1. The fourth-order valence-corrected chi connectivity index (χ4v) is 6.81. The molecule has 3 aromatic rings. The number of likely N-dealkylation sites (tertiary alicyclic amines) is 1. The normalized spacial score (nSPS) is 27.2. The first-order chi connectivity index (χ1) is 18.5. The third-order valence-electron chi connectivity index (χ3n) is 8.86. The molecule has 3 saturated heterocycles. The number of phenols is 1. The van der Waals surface area contributed by atoms with Crippen molar-refractivity contribution in [1.82, 2.24) is 20.2 Å². The van der Waals surface area contributed by atoms with Crippen LogP contribution in [0.15, 0.2) is 36.4 Å². The topological polar surface area (TPSA) is 97.2 Å². The number of rotatable bonds is 5. The number of anilines is 2. The molecule has 38 heavy (non-hydrogen) atoms. The molecule has 0 aliphatic carbocycles. The van der Waals surface area contributed by atoms with Crippen molar-refractivity contribution in [3.05, 3.63) is 47.7 Å². The number of aromatic nitrogens is 2. The Morgan fingerprint density at radius 3 is 2.84 bits per heavy atom. The van der Waals surface area contributed by atoms with Gasteiger partial charge >= 0.3 is 6.01 Å². The number of benzene rings is 2. The maximum Gasteiger partial charge on any atom is 0.318 e. The number of phenolic OH excluding ortho intramolecular Hbond substituents is 1. The summed E-state index contributed by atoms with van der Waals surface area (Å²) in [4.78, 5) is 16.9. The maximum absolute atomic E-state index is 10.5. The minimum absolute atomic E-state index is 0.0645. The Bertz CT molecular complexity index is 1350. The van der Waals surface area contributed by atoms with E-state index < -0.39 is 0 Å². The molecule has 9 nitrogen and oxygen atoms in total. The molecule has 2 aromatic carbocycles. The second kappa shape index (κ2) is 9.55. The van der Waals surface area contributed by atoms with Crippen LogP contribution in [0, 0.1) is 0 Å². The average Bonchev–Trinajstić information content (AvgIpc) is 3.45. The smallest absolute Gasteiger partial charge is 0.318 e. The van der Waals surface area contributed by atoms with E-state index in [0.717, 1.165) is 73.4 Å². The van der Waals surface area contributed by atoms with Gasteiger partial charge in [-0.15, -0.1) is 0 Å². The molecule has 0 amide bonds. The van der Waals surface area contributed by atoms with Crippen molar-refractivity contribution in [2.75, 3.05) is 49.6 Å². The Labute approximate surface area is 223 Å². The minimum Gasteiger partial charge on any atom is -0.508 e. The highest BCUT2D eigenvalue weighted by Crippen LogP contribution is 2.37. The van der Waals surface area contributed by atoms with E-state index >= 15 is 0 Å². The molecule has 1 unspecified atom stereocenters. The number of nitrogens with zero attached hydrogens (tertiary/aromatic N) is 5. The van der Waals surface area contributed by atoms with Crippen molar-refractivity contribution in [3.63, 3.8) is 0 Å². The van der Waals surface area contributed by atoms with E-state index in [9.17, 15) is 10.2 Å². The van der Waals surface area contributed by atoms with Crippen LogP contribution in [0.2, 0.25) is 0 Å². The molecular formula is C29H36N6O3. The summed E-state index contributed by atoms with van der Waals surface area (Å²) >= 11 is 0. The van der Waals surface area contributed by atoms with Crippen LogP contribution in [0.25, 0.3) is 10.8 Å². The van der Waals surface area contributed by atoms with Crippen molar-refractivity contribution in [2.24, 2.45) is 0 Å². The molecule has 0 spiro atoms. The molecule has 0 saturated carbocycles. The second-order valence-corrected chi connectivity index (χ2v) is 11.4. The number of nitrogens with one attached hydrogen (secondary N) is 1. The van der Waals surface area contributed by atoms with Gasteiger partial charge in [-0.2, -0.15) is 9.97 Å². The van der Waals surface area contributed by atoms with Crippen molar-refractivity contribution < 1.29 is 14.9 Å². The molecule has 3 N–H and O–H groups in total. The predicted molar refractivity (Wildman–Crippen MR) is 147 cm³/mol. The summed E-state index contributed by atoms with van der Waals surface area (Å²) in [5.41, 5.74) is 3.17. The zero-order chi connectivity index (χ0) is 25.8. The third-order valence-corrected chi connectivity index (χ3v) is 8.86. The Kier molecular flexibility index (Phi) is 6.02. The lowest BCUT2D eigenvalue weighted by Crippen LogP contribution is -2.53. The van der Waals surface area contributed by atoms with E-state index in [1.165, 1.54) is 12.0 Å². The SMILES string of the molecule is CN1CCCC1COc1nc2c(c(N3C[C@@H]4C[C@H](O)[C@H](C3)N4)n1)CCN(c1cc(O)cc3ccccc13)C2. The molecule has 4 aliphatic heterocycles. The third kappa shape index (κ3) is 4.32. The van der Waals surface area contributed by atoms with Gasteiger partial charge in [0.15, 0.2) is 0 Å². The van der Waals surface area contributed by atoms with Crippen LogP contribution >= 0.6 is 0 Å². The standard InChI is InChI=1S/C29H36N6O3/c1-33-9-4-6-20(33)17-38-29-31-24-15-34(26-13-21(36)11-18-5-2-3-7-22(18)26)10-8-23(24)28(32-29)35-14-19-12-27(37)25(16-35)30-19/h2-3,5,7,11,13,19-20,25,27,30,36-37H,4,6,8-10,12,14-17H2,1H3/t19-,20?,25-,27-/m0/s1. The summed E-state index contributed by atoms with van der Waals surface area (Å²) in [5, 5.41) is 26.6. The lowest BCUT2D eigenvalue weighted by Gasteiger charge is -2.37. The van der Waals surface area contributed by atoms with Gasteiger partial charge in [0, 0.05) is 54.4 Å². The molecule has 3 fully saturated rings. The van der Waals surface area contributed by atoms with Gasteiger partial charge in [0.1, 0.15) is 18.2 Å². The molecule has 200 valence electrons. The van der Waals surface area contributed by atoms with Gasteiger partial charge in [-0.05, 0) is 50.7 Å². The van der Waals surface area contributed by atoms with E-state index in [1.54, 1.807) is 0 Å². The van der Waals surface area contributed by atoms with Gasteiger partial charge in [-0.1, -0.05) is 24.3 Å². The van der Waals surface area contributed by atoms with Crippen LogP contribution in [0.3, 0.4) is 0 Å². The van der Waals surface area contributed by atoms with Crippen LogP contribution in [0.4, 0.5) is 11.5 Å². The van der Waals surface area contributed by atoms with Gasteiger partial charge in [0.05, 0.1) is 24.4 Å². The summed E-state index contributed by atoms with van der Waals surface area (Å²) in [6.45, 7) is 4.67.